The zero-order valence-corrected chi connectivity index (χ0v) is 15.3. The van der Waals surface area contributed by atoms with Crippen LogP contribution in [0.2, 0.25) is 0 Å². The second-order valence-electron chi connectivity index (χ2n) is 6.80. The van der Waals surface area contributed by atoms with Gasteiger partial charge in [0.15, 0.2) is 0 Å². The Morgan fingerprint density at radius 3 is 2.35 bits per heavy atom. The van der Waals surface area contributed by atoms with Crippen LogP contribution >= 0.6 is 0 Å². The van der Waals surface area contributed by atoms with Crippen LogP contribution in [-0.2, 0) is 4.74 Å². The van der Waals surface area contributed by atoms with Crippen molar-refractivity contribution in [3.63, 3.8) is 0 Å². The molecule has 3 heterocycles. The van der Waals surface area contributed by atoms with Crippen molar-refractivity contribution in [2.45, 2.75) is 0 Å². The number of rotatable bonds is 4. The van der Waals surface area contributed by atoms with E-state index in [-0.39, 0.29) is 0 Å². The molecular weight excluding hydrogens is 328 g/mol. The third-order valence-corrected chi connectivity index (χ3v) is 4.94. The second-order valence-corrected chi connectivity index (χ2v) is 6.80. The van der Waals surface area contributed by atoms with E-state index in [2.05, 4.69) is 61.3 Å². The molecule has 0 unspecified atom stereocenters. The molecule has 0 atom stereocenters. The molecule has 0 amide bonds. The Morgan fingerprint density at radius 2 is 1.62 bits per heavy atom. The molecule has 2 fully saturated rings. The molecule has 2 saturated heterocycles. The number of ether oxygens (including phenoxy) is 1. The summed E-state index contributed by atoms with van der Waals surface area (Å²) in [5.74, 6) is 1.57. The van der Waals surface area contributed by atoms with Crippen LogP contribution in [0.15, 0.2) is 36.5 Å². The molecule has 138 valence electrons. The molecule has 2 aromatic rings. The van der Waals surface area contributed by atoms with Crippen molar-refractivity contribution in [3.05, 3.63) is 36.5 Å². The highest BCUT2D eigenvalue weighted by Crippen LogP contribution is 2.22. The summed E-state index contributed by atoms with van der Waals surface area (Å²) in [6.45, 7) is 7.53. The van der Waals surface area contributed by atoms with Gasteiger partial charge in [-0.05, 0) is 37.4 Å². The number of nitrogens with one attached hydrogen (secondary N) is 1. The van der Waals surface area contributed by atoms with Gasteiger partial charge in [-0.2, -0.15) is 4.98 Å². The number of nitrogens with zero attached hydrogens (tertiary/aromatic N) is 5. The molecule has 0 bridgehead atoms. The highest BCUT2D eigenvalue weighted by Gasteiger charge is 2.15. The van der Waals surface area contributed by atoms with E-state index in [9.17, 15) is 0 Å². The maximum absolute atomic E-state index is 5.39. The van der Waals surface area contributed by atoms with Crippen molar-refractivity contribution in [2.24, 2.45) is 0 Å². The molecule has 26 heavy (non-hydrogen) atoms. The summed E-state index contributed by atoms with van der Waals surface area (Å²) in [7, 11) is 2.18. The molecule has 0 aliphatic carbocycles. The summed E-state index contributed by atoms with van der Waals surface area (Å²) in [5.41, 5.74) is 2.31. The van der Waals surface area contributed by atoms with Crippen LogP contribution in [0.25, 0.3) is 0 Å². The Morgan fingerprint density at radius 1 is 0.885 bits per heavy atom. The van der Waals surface area contributed by atoms with Crippen molar-refractivity contribution in [3.8, 4) is 0 Å². The lowest BCUT2D eigenvalue weighted by atomic mass is 10.2. The van der Waals surface area contributed by atoms with Crippen LogP contribution in [0.5, 0.6) is 0 Å². The SMILES string of the molecule is CN1CCN(c2ccc(Nc3ccnc(N4CCOCC4)n3)cc2)CC1. The Hall–Kier alpha value is -2.38. The fraction of sp³-hybridized carbons (Fsp3) is 0.474. The number of likely N-dealkylation sites (N-methyl/N-ethyl adjacent to an activating group) is 1. The number of anilines is 4. The van der Waals surface area contributed by atoms with E-state index in [4.69, 9.17) is 4.74 Å². The van der Waals surface area contributed by atoms with Gasteiger partial charge in [-0.1, -0.05) is 0 Å². The van der Waals surface area contributed by atoms with Gasteiger partial charge < -0.3 is 24.8 Å². The van der Waals surface area contributed by atoms with Gasteiger partial charge in [-0.15, -0.1) is 0 Å². The number of morpholine rings is 1. The standard InChI is InChI=1S/C19H26N6O/c1-23-8-10-24(11-9-23)17-4-2-16(3-5-17)21-18-6-7-20-19(22-18)25-12-14-26-15-13-25/h2-7H,8-15H2,1H3,(H,20,21,22). The third kappa shape index (κ3) is 4.05. The fourth-order valence-electron chi connectivity index (χ4n) is 3.30. The molecule has 4 rings (SSSR count). The molecule has 7 nitrogen and oxygen atoms in total. The number of aromatic nitrogens is 2. The molecule has 0 radical (unpaired) electrons. The van der Waals surface area contributed by atoms with Gasteiger partial charge in [-0.3, -0.25) is 0 Å². The van der Waals surface area contributed by atoms with Crippen molar-refractivity contribution in [2.75, 3.05) is 74.6 Å². The van der Waals surface area contributed by atoms with E-state index < -0.39 is 0 Å². The molecule has 1 aromatic heterocycles. The first-order chi connectivity index (χ1) is 12.8. The fourth-order valence-corrected chi connectivity index (χ4v) is 3.30. The summed E-state index contributed by atoms with van der Waals surface area (Å²) in [5, 5.41) is 3.38. The molecule has 7 heteroatoms. The molecule has 2 aliphatic rings. The molecule has 0 saturated carbocycles. The number of hydrogen-bond acceptors (Lipinski definition) is 7. The smallest absolute Gasteiger partial charge is 0.227 e. The summed E-state index contributed by atoms with van der Waals surface area (Å²) in [4.78, 5) is 16.0. The molecule has 1 aromatic carbocycles. The molecule has 2 aliphatic heterocycles. The van der Waals surface area contributed by atoms with Crippen LogP contribution in [0, 0.1) is 0 Å². The van der Waals surface area contributed by atoms with E-state index in [0.717, 1.165) is 69.9 Å². The van der Waals surface area contributed by atoms with E-state index in [0.29, 0.717) is 0 Å². The van der Waals surface area contributed by atoms with Crippen molar-refractivity contribution >= 4 is 23.1 Å². The van der Waals surface area contributed by atoms with E-state index in [1.165, 1.54) is 5.69 Å². The third-order valence-electron chi connectivity index (χ3n) is 4.94. The van der Waals surface area contributed by atoms with E-state index >= 15 is 0 Å². The first-order valence-corrected chi connectivity index (χ1v) is 9.24. The quantitative estimate of drug-likeness (QED) is 0.898. The van der Waals surface area contributed by atoms with E-state index in [1.807, 2.05) is 6.07 Å². The average molecular weight is 354 g/mol. The van der Waals surface area contributed by atoms with Crippen LogP contribution in [0.3, 0.4) is 0 Å². The first-order valence-electron chi connectivity index (χ1n) is 9.24. The Balaban J connectivity index is 1.41. The summed E-state index contributed by atoms with van der Waals surface area (Å²) in [6, 6.07) is 10.5. The largest absolute Gasteiger partial charge is 0.378 e. The van der Waals surface area contributed by atoms with Gasteiger partial charge in [0, 0.05) is 56.8 Å². The van der Waals surface area contributed by atoms with Gasteiger partial charge >= 0.3 is 0 Å². The van der Waals surface area contributed by atoms with Gasteiger partial charge in [0.2, 0.25) is 5.95 Å². The number of piperazine rings is 1. The van der Waals surface area contributed by atoms with Crippen molar-refractivity contribution in [1.29, 1.82) is 0 Å². The molecular formula is C19H26N6O. The van der Waals surface area contributed by atoms with Gasteiger partial charge in [0.05, 0.1) is 13.2 Å². The average Bonchev–Trinajstić information content (AvgIpc) is 2.70. The molecule has 1 N–H and O–H groups in total. The predicted molar refractivity (Wildman–Crippen MR) is 104 cm³/mol. The van der Waals surface area contributed by atoms with Crippen LogP contribution in [-0.4, -0.2) is 74.4 Å². The first kappa shape index (κ1) is 17.1. The van der Waals surface area contributed by atoms with Crippen LogP contribution in [0.1, 0.15) is 0 Å². The highest BCUT2D eigenvalue weighted by molar-refractivity contribution is 5.61. The summed E-state index contributed by atoms with van der Waals surface area (Å²) in [6.07, 6.45) is 1.80. The van der Waals surface area contributed by atoms with Gasteiger partial charge in [-0.25, -0.2) is 4.98 Å². The van der Waals surface area contributed by atoms with E-state index in [1.54, 1.807) is 6.20 Å². The Bertz CT molecular complexity index is 708. The monoisotopic (exact) mass is 354 g/mol. The minimum Gasteiger partial charge on any atom is -0.378 e. The zero-order valence-electron chi connectivity index (χ0n) is 15.3. The lowest BCUT2D eigenvalue weighted by molar-refractivity contribution is 0.122. The summed E-state index contributed by atoms with van der Waals surface area (Å²) < 4.78 is 5.39. The lowest BCUT2D eigenvalue weighted by Crippen LogP contribution is -2.44. The Labute approximate surface area is 154 Å². The molecule has 0 spiro atoms. The maximum Gasteiger partial charge on any atom is 0.227 e. The predicted octanol–water partition coefficient (Wildman–Crippen LogP) is 1.81. The summed E-state index contributed by atoms with van der Waals surface area (Å²) >= 11 is 0. The van der Waals surface area contributed by atoms with Crippen LogP contribution < -0.4 is 15.1 Å². The maximum atomic E-state index is 5.39. The number of benzene rings is 1. The topological polar surface area (TPSA) is 56.8 Å². The van der Waals surface area contributed by atoms with Crippen LogP contribution in [0.4, 0.5) is 23.1 Å². The normalized spacial score (nSPS) is 18.8. The minimum atomic E-state index is 0.731. The van der Waals surface area contributed by atoms with Crippen molar-refractivity contribution < 1.29 is 4.74 Å². The number of hydrogen-bond donors (Lipinski definition) is 1. The van der Waals surface area contributed by atoms with Gasteiger partial charge in [0.1, 0.15) is 5.82 Å². The van der Waals surface area contributed by atoms with Crippen molar-refractivity contribution in [1.82, 2.24) is 14.9 Å². The second kappa shape index (κ2) is 7.88. The highest BCUT2D eigenvalue weighted by atomic mass is 16.5. The lowest BCUT2D eigenvalue weighted by Gasteiger charge is -2.34. The Kier molecular flexibility index (Phi) is 5.17. The minimum absolute atomic E-state index is 0.731. The zero-order chi connectivity index (χ0) is 17.8. The van der Waals surface area contributed by atoms with Gasteiger partial charge in [0.25, 0.3) is 0 Å².